The first kappa shape index (κ1) is 31.0. The molecule has 0 saturated carbocycles. The third-order valence-electron chi connectivity index (χ3n) is 7.34. The number of fused-ring (bicyclic) bond motifs is 1. The van der Waals surface area contributed by atoms with Crippen LogP contribution in [0.4, 0.5) is 9.59 Å². The zero-order valence-electron chi connectivity index (χ0n) is 23.7. The molecule has 4 rings (SSSR count). The second kappa shape index (κ2) is 15.3. The van der Waals surface area contributed by atoms with Crippen molar-refractivity contribution in [1.82, 2.24) is 30.5 Å². The highest BCUT2D eigenvalue weighted by Gasteiger charge is 2.51. The van der Waals surface area contributed by atoms with Crippen LogP contribution < -0.4 is 10.6 Å². The molecule has 2 N–H and O–H groups in total. The third-order valence-corrected chi connectivity index (χ3v) is 8.50. The number of hydrogen-bond acceptors (Lipinski definition) is 7. The first-order chi connectivity index (χ1) is 20.4. The van der Waals surface area contributed by atoms with Gasteiger partial charge in [0.05, 0.1) is 19.6 Å². The van der Waals surface area contributed by atoms with E-state index < -0.39 is 24.3 Å². The van der Waals surface area contributed by atoms with Crippen LogP contribution in [0.1, 0.15) is 31.2 Å². The number of alkyl carbamates (subject to hydrolysis) is 1. The Hall–Kier alpha value is -3.95. The van der Waals surface area contributed by atoms with Gasteiger partial charge in [-0.05, 0) is 36.7 Å². The van der Waals surface area contributed by atoms with Crippen LogP contribution >= 0.6 is 11.8 Å². The molecule has 1 aromatic carbocycles. The van der Waals surface area contributed by atoms with Crippen LogP contribution in [0.25, 0.3) is 0 Å². The van der Waals surface area contributed by atoms with Crippen molar-refractivity contribution in [2.45, 2.75) is 49.7 Å². The molecule has 2 fully saturated rings. The molecule has 1 aromatic rings. The predicted molar refractivity (Wildman–Crippen MR) is 160 cm³/mol. The van der Waals surface area contributed by atoms with Crippen molar-refractivity contribution in [3.63, 3.8) is 0 Å². The number of nitrogens with zero attached hydrogens (tertiary/aromatic N) is 4. The van der Waals surface area contributed by atoms with Crippen LogP contribution in [0.15, 0.2) is 54.5 Å². The molecule has 42 heavy (non-hydrogen) atoms. The van der Waals surface area contributed by atoms with Crippen molar-refractivity contribution in [1.29, 1.82) is 0 Å². The van der Waals surface area contributed by atoms with Gasteiger partial charge in [-0.3, -0.25) is 9.59 Å². The number of piperazine rings is 1. The number of benzene rings is 1. The van der Waals surface area contributed by atoms with Gasteiger partial charge in [-0.15, -0.1) is 18.2 Å². The number of ether oxygens (including phenoxy) is 1. The number of thioether (sulfide) groups is 1. The number of carbonyl (C=O) groups excluding carboxylic acids is 4. The number of hydrogen-bond donors (Lipinski definition) is 2. The quantitative estimate of drug-likeness (QED) is 0.217. The molecule has 0 spiro atoms. The normalized spacial score (nSPS) is 22.0. The van der Waals surface area contributed by atoms with E-state index >= 15 is 0 Å². The number of carbonyl (C=O) groups is 4. The minimum atomic E-state index is -0.783. The molecule has 3 atom stereocenters. The Kier molecular flexibility index (Phi) is 11.3. The number of hydrazine groups is 1. The predicted octanol–water partition coefficient (Wildman–Crippen LogP) is 2.53. The van der Waals surface area contributed by atoms with E-state index in [1.54, 1.807) is 21.7 Å². The Bertz CT molecular complexity index is 1200. The maximum atomic E-state index is 13.8. The number of amides is 5. The molecule has 0 radical (unpaired) electrons. The zero-order chi connectivity index (χ0) is 29.9. The van der Waals surface area contributed by atoms with Gasteiger partial charge < -0.3 is 25.2 Å². The van der Waals surface area contributed by atoms with Crippen molar-refractivity contribution >= 4 is 35.7 Å². The lowest BCUT2D eigenvalue weighted by molar-refractivity contribution is -0.189. The smallest absolute Gasteiger partial charge is 0.407 e. The van der Waals surface area contributed by atoms with Crippen LogP contribution in [0.2, 0.25) is 0 Å². The summed E-state index contributed by atoms with van der Waals surface area (Å²) in [6, 6.07) is 8.35. The topological polar surface area (TPSA) is 115 Å². The molecule has 2 saturated heterocycles. The second-order valence-corrected chi connectivity index (χ2v) is 11.4. The number of nitrogens with one attached hydrogen (secondary N) is 2. The van der Waals surface area contributed by atoms with Crippen LogP contribution in [0.3, 0.4) is 0 Å². The SMILES string of the molecule is C#CCN1CC(=O)N2[C@@H](CCCNC(=O)OCC=C)C(=O)N(CCC3CC=CS3)C[C@@H]2N1C(=O)NCc1ccccc1. The third kappa shape index (κ3) is 7.86. The Morgan fingerprint density at radius 1 is 1.19 bits per heavy atom. The first-order valence-corrected chi connectivity index (χ1v) is 15.1. The second-order valence-electron chi connectivity index (χ2n) is 10.2. The number of allylic oxidation sites excluding steroid dienone is 1. The van der Waals surface area contributed by atoms with Gasteiger partial charge in [-0.2, -0.15) is 5.01 Å². The summed E-state index contributed by atoms with van der Waals surface area (Å²) in [5.41, 5.74) is 0.930. The Balaban J connectivity index is 1.53. The Morgan fingerprint density at radius 3 is 2.71 bits per heavy atom. The average Bonchev–Trinajstić information content (AvgIpc) is 3.51. The lowest BCUT2D eigenvalue weighted by Crippen LogP contribution is -2.76. The van der Waals surface area contributed by atoms with Gasteiger partial charge in [0.2, 0.25) is 11.8 Å². The van der Waals surface area contributed by atoms with Gasteiger partial charge in [-0.1, -0.05) is 55.0 Å². The molecule has 0 aliphatic carbocycles. The highest BCUT2D eigenvalue weighted by molar-refractivity contribution is 8.03. The molecule has 3 aliphatic heterocycles. The average molecular weight is 595 g/mol. The Labute approximate surface area is 251 Å². The molecule has 12 heteroatoms. The fraction of sp³-hybridized carbons (Fsp3) is 0.467. The van der Waals surface area contributed by atoms with Crippen molar-refractivity contribution in [3.8, 4) is 12.3 Å². The van der Waals surface area contributed by atoms with Gasteiger partial charge in [-0.25, -0.2) is 14.6 Å². The summed E-state index contributed by atoms with van der Waals surface area (Å²) in [6.07, 6.45) is 10.4. The lowest BCUT2D eigenvalue weighted by atomic mass is 10.0. The molecule has 11 nitrogen and oxygen atoms in total. The largest absolute Gasteiger partial charge is 0.445 e. The Morgan fingerprint density at radius 2 is 2.00 bits per heavy atom. The van der Waals surface area contributed by atoms with E-state index in [0.717, 1.165) is 18.4 Å². The number of terminal acetylenes is 1. The van der Waals surface area contributed by atoms with Gasteiger partial charge in [0.15, 0.2) is 0 Å². The lowest BCUT2D eigenvalue weighted by Gasteiger charge is -2.55. The van der Waals surface area contributed by atoms with E-state index in [-0.39, 0.29) is 44.6 Å². The molecule has 0 bridgehead atoms. The van der Waals surface area contributed by atoms with Crippen molar-refractivity contribution < 1.29 is 23.9 Å². The molecule has 1 unspecified atom stereocenters. The van der Waals surface area contributed by atoms with Gasteiger partial charge in [0.1, 0.15) is 18.8 Å². The highest BCUT2D eigenvalue weighted by Crippen LogP contribution is 2.31. The fourth-order valence-corrected chi connectivity index (χ4v) is 6.26. The van der Waals surface area contributed by atoms with Crippen LogP contribution in [-0.2, 0) is 20.9 Å². The number of urea groups is 1. The molecule has 3 aliphatic rings. The summed E-state index contributed by atoms with van der Waals surface area (Å²) >= 11 is 1.75. The van der Waals surface area contributed by atoms with Crippen molar-refractivity contribution in [2.75, 3.05) is 39.3 Å². The van der Waals surface area contributed by atoms with E-state index in [0.29, 0.717) is 31.2 Å². The van der Waals surface area contributed by atoms with Crippen molar-refractivity contribution in [2.24, 2.45) is 0 Å². The minimum absolute atomic E-state index is 0.0641. The van der Waals surface area contributed by atoms with Crippen LogP contribution in [-0.4, -0.2) is 101 Å². The van der Waals surface area contributed by atoms with Crippen LogP contribution in [0.5, 0.6) is 0 Å². The molecule has 5 amide bonds. The monoisotopic (exact) mass is 594 g/mol. The molecule has 224 valence electrons. The van der Waals surface area contributed by atoms with Gasteiger partial charge >= 0.3 is 12.1 Å². The summed E-state index contributed by atoms with van der Waals surface area (Å²) < 4.78 is 4.95. The summed E-state index contributed by atoms with van der Waals surface area (Å²) in [5.74, 6) is 2.14. The fourth-order valence-electron chi connectivity index (χ4n) is 5.36. The summed E-state index contributed by atoms with van der Waals surface area (Å²) in [4.78, 5) is 56.2. The maximum Gasteiger partial charge on any atom is 0.407 e. The van der Waals surface area contributed by atoms with E-state index in [2.05, 4.69) is 34.6 Å². The molecular weight excluding hydrogens is 556 g/mol. The van der Waals surface area contributed by atoms with Gasteiger partial charge in [0, 0.05) is 24.9 Å². The van der Waals surface area contributed by atoms with Crippen molar-refractivity contribution in [3.05, 3.63) is 60.0 Å². The molecule has 0 aromatic heterocycles. The van der Waals surface area contributed by atoms with E-state index in [4.69, 9.17) is 11.2 Å². The summed E-state index contributed by atoms with van der Waals surface area (Å²) in [7, 11) is 0. The minimum Gasteiger partial charge on any atom is -0.445 e. The van der Waals surface area contributed by atoms with E-state index in [1.165, 1.54) is 16.0 Å². The summed E-state index contributed by atoms with van der Waals surface area (Å²) in [6.45, 7) is 4.80. The first-order valence-electron chi connectivity index (χ1n) is 14.1. The molecular formula is C30H38N6O5S. The van der Waals surface area contributed by atoms with E-state index in [9.17, 15) is 19.2 Å². The highest BCUT2D eigenvalue weighted by atomic mass is 32.2. The summed E-state index contributed by atoms with van der Waals surface area (Å²) in [5, 5.41) is 11.2. The standard InChI is InChI=1S/C30H38N6O5S/c1-3-16-34-22-27(37)35-25(13-8-15-31-30(40)41-18-4-2)28(38)33(17-14-24-12-9-19-42-24)21-26(35)36(34)29(39)32-20-23-10-6-5-7-11-23/h1,4-7,9-11,19,24-26H,2,8,12-18,20-22H2,(H,31,40)(H,32,39)/t24?,25-,26-/m0/s1. The number of rotatable bonds is 12. The molecule has 3 heterocycles. The van der Waals surface area contributed by atoms with Gasteiger partial charge in [0.25, 0.3) is 0 Å². The maximum absolute atomic E-state index is 13.8. The zero-order valence-corrected chi connectivity index (χ0v) is 24.5. The van der Waals surface area contributed by atoms with Crippen LogP contribution in [0, 0.1) is 12.3 Å². The van der Waals surface area contributed by atoms with E-state index in [1.807, 2.05) is 30.3 Å².